The molecule has 1 fully saturated rings. The number of halogens is 1. The quantitative estimate of drug-likeness (QED) is 0.556. The molecular weight excluding hydrogens is 490 g/mol. The molecule has 2 aromatic carbocycles. The van der Waals surface area contributed by atoms with Gasteiger partial charge in [-0.2, -0.15) is 0 Å². The minimum absolute atomic E-state index is 0.132. The highest BCUT2D eigenvalue weighted by molar-refractivity contribution is 9.10. The first-order valence-electron chi connectivity index (χ1n) is 11.2. The molecule has 0 radical (unpaired) electrons. The van der Waals surface area contributed by atoms with E-state index in [1.165, 1.54) is 0 Å². The van der Waals surface area contributed by atoms with Crippen LogP contribution in [0.5, 0.6) is 17.2 Å². The van der Waals surface area contributed by atoms with Crippen LogP contribution in [0.1, 0.15) is 45.5 Å². The lowest BCUT2D eigenvalue weighted by molar-refractivity contribution is -0.0165. The van der Waals surface area contributed by atoms with E-state index < -0.39 is 0 Å². The Balaban J connectivity index is 1.30. The summed E-state index contributed by atoms with van der Waals surface area (Å²) in [5.74, 6) is 2.25. The van der Waals surface area contributed by atoms with Crippen LogP contribution < -0.4 is 14.2 Å². The lowest BCUT2D eigenvalue weighted by Gasteiger charge is -2.31. The second kappa shape index (κ2) is 8.43. The van der Waals surface area contributed by atoms with Gasteiger partial charge >= 0.3 is 0 Å². The molecule has 8 heteroatoms. The van der Waals surface area contributed by atoms with Crippen molar-refractivity contribution in [2.24, 2.45) is 0 Å². The van der Waals surface area contributed by atoms with Crippen molar-refractivity contribution >= 4 is 27.8 Å². The average Bonchev–Trinajstić information content (AvgIpc) is 3.42. The predicted octanol–water partition coefficient (Wildman–Crippen LogP) is 4.57. The van der Waals surface area contributed by atoms with E-state index in [4.69, 9.17) is 23.7 Å². The Morgan fingerprint density at radius 3 is 2.91 bits per heavy atom. The van der Waals surface area contributed by atoms with Crippen LogP contribution >= 0.6 is 15.9 Å². The van der Waals surface area contributed by atoms with E-state index >= 15 is 0 Å². The number of ketones is 1. The van der Waals surface area contributed by atoms with Gasteiger partial charge in [-0.05, 0) is 44.0 Å². The molecule has 4 heterocycles. The predicted molar refractivity (Wildman–Crippen MR) is 123 cm³/mol. The molecule has 4 aliphatic rings. The maximum Gasteiger partial charge on any atom is 0.231 e. The summed E-state index contributed by atoms with van der Waals surface area (Å²) in [6.45, 7) is 5.50. The van der Waals surface area contributed by atoms with Crippen molar-refractivity contribution in [1.29, 1.82) is 0 Å². The molecule has 0 N–H and O–H groups in total. The first kappa shape index (κ1) is 21.2. The average molecular weight is 514 g/mol. The maximum atomic E-state index is 13.3. The minimum atomic E-state index is -0.132. The summed E-state index contributed by atoms with van der Waals surface area (Å²) in [5, 5.41) is 0. The van der Waals surface area contributed by atoms with Crippen LogP contribution in [-0.4, -0.2) is 43.5 Å². The van der Waals surface area contributed by atoms with Crippen LogP contribution in [0.25, 0.3) is 6.08 Å². The van der Waals surface area contributed by atoms with E-state index in [2.05, 4.69) is 20.8 Å². The number of benzene rings is 2. The smallest absolute Gasteiger partial charge is 0.231 e. The number of fused-ring (bicyclic) bond motifs is 3. The van der Waals surface area contributed by atoms with E-state index in [-0.39, 0.29) is 24.4 Å². The Morgan fingerprint density at radius 1 is 1.15 bits per heavy atom. The maximum absolute atomic E-state index is 13.3. The van der Waals surface area contributed by atoms with Gasteiger partial charge in [0.25, 0.3) is 0 Å². The molecule has 1 saturated heterocycles. The molecule has 1 atom stereocenters. The van der Waals surface area contributed by atoms with Gasteiger partial charge in [0.2, 0.25) is 5.78 Å². The highest BCUT2D eigenvalue weighted by Gasteiger charge is 2.34. The zero-order valence-corrected chi connectivity index (χ0v) is 19.9. The van der Waals surface area contributed by atoms with Crippen LogP contribution in [0.2, 0.25) is 0 Å². The van der Waals surface area contributed by atoms with E-state index in [0.717, 1.165) is 65.0 Å². The van der Waals surface area contributed by atoms with Gasteiger partial charge in [0.1, 0.15) is 24.0 Å². The molecule has 6 rings (SSSR count). The Bertz CT molecular complexity index is 1170. The lowest BCUT2D eigenvalue weighted by Crippen LogP contribution is -2.37. The van der Waals surface area contributed by atoms with Gasteiger partial charge in [-0.25, -0.2) is 0 Å². The minimum Gasteiger partial charge on any atom is -0.477 e. The number of ether oxygens (including phenoxy) is 5. The van der Waals surface area contributed by atoms with Gasteiger partial charge in [-0.1, -0.05) is 15.9 Å². The summed E-state index contributed by atoms with van der Waals surface area (Å²) in [5.41, 5.74) is 4.15. The normalized spacial score (nSPS) is 22.9. The molecule has 0 saturated carbocycles. The topological polar surface area (TPSA) is 66.5 Å². The Kier molecular flexibility index (Phi) is 5.41. The first-order valence-corrected chi connectivity index (χ1v) is 12.0. The van der Waals surface area contributed by atoms with Crippen molar-refractivity contribution in [1.82, 2.24) is 4.90 Å². The molecule has 0 spiro atoms. The third-order valence-electron chi connectivity index (χ3n) is 6.48. The van der Waals surface area contributed by atoms with Gasteiger partial charge in [0.15, 0.2) is 12.6 Å². The zero-order chi connectivity index (χ0) is 22.5. The van der Waals surface area contributed by atoms with E-state index in [9.17, 15) is 4.79 Å². The lowest BCUT2D eigenvalue weighted by atomic mass is 9.99. The number of nitrogens with zero attached hydrogens (tertiary/aromatic N) is 1. The standard InChI is InChI=1S/C25H24BrNO6/c1-14-23-16(9-27(12-31-23)10-19-3-2-4-30-19)7-20-22(28)21(33-24(14)20)8-15-5-18(26)6-17-11-29-13-32-25(15)17/h5-8,19H,2-4,9-13H2,1H3/b21-8-. The number of rotatable bonds is 3. The summed E-state index contributed by atoms with van der Waals surface area (Å²) in [4.78, 5) is 15.5. The molecule has 33 heavy (non-hydrogen) atoms. The molecule has 4 aliphatic heterocycles. The second-order valence-corrected chi connectivity index (χ2v) is 9.74. The van der Waals surface area contributed by atoms with E-state index in [1.54, 1.807) is 6.08 Å². The molecule has 0 bridgehead atoms. The van der Waals surface area contributed by atoms with Crippen molar-refractivity contribution in [3.8, 4) is 17.2 Å². The van der Waals surface area contributed by atoms with Crippen LogP contribution in [0, 0.1) is 6.92 Å². The summed E-state index contributed by atoms with van der Waals surface area (Å²) >= 11 is 3.53. The number of carbonyl (C=O) groups excluding carboxylic acids is 1. The SMILES string of the molecule is Cc1c2c(cc3c1O/C(=C\c1cc(Br)cc4c1OCOC4)C3=O)CN(CC1CCCO1)CO2. The van der Waals surface area contributed by atoms with Crippen molar-refractivity contribution < 1.29 is 28.5 Å². The fraction of sp³-hybridized carbons (Fsp3) is 0.400. The van der Waals surface area contributed by atoms with Crippen LogP contribution in [-0.2, 0) is 22.6 Å². The highest BCUT2D eigenvalue weighted by Crippen LogP contribution is 2.44. The van der Waals surface area contributed by atoms with Gasteiger partial charge < -0.3 is 23.7 Å². The number of hydrogen-bond acceptors (Lipinski definition) is 7. The highest BCUT2D eigenvalue weighted by atomic mass is 79.9. The van der Waals surface area contributed by atoms with Crippen LogP contribution in [0.4, 0.5) is 0 Å². The molecule has 2 aromatic rings. The molecular formula is C25H24BrNO6. The van der Waals surface area contributed by atoms with Gasteiger partial charge in [-0.3, -0.25) is 9.69 Å². The van der Waals surface area contributed by atoms with Gasteiger partial charge in [0, 0.05) is 46.4 Å². The number of allylic oxidation sites excluding steroid dienone is 1. The van der Waals surface area contributed by atoms with Crippen molar-refractivity contribution in [3.63, 3.8) is 0 Å². The molecule has 0 aliphatic carbocycles. The molecule has 1 unspecified atom stereocenters. The number of hydrogen-bond donors (Lipinski definition) is 0. The second-order valence-electron chi connectivity index (χ2n) is 8.82. The van der Waals surface area contributed by atoms with Gasteiger partial charge in [-0.15, -0.1) is 0 Å². The van der Waals surface area contributed by atoms with Crippen molar-refractivity contribution in [2.75, 3.05) is 26.7 Å². The van der Waals surface area contributed by atoms with Crippen LogP contribution in [0.15, 0.2) is 28.4 Å². The fourth-order valence-corrected chi connectivity index (χ4v) is 5.47. The largest absolute Gasteiger partial charge is 0.477 e. The molecule has 7 nitrogen and oxygen atoms in total. The number of Topliss-reactive ketones (excluding diaryl/α,β-unsaturated/α-hetero) is 1. The Hall–Kier alpha value is -2.39. The molecule has 0 amide bonds. The molecule has 172 valence electrons. The Morgan fingerprint density at radius 2 is 2.06 bits per heavy atom. The summed E-state index contributed by atoms with van der Waals surface area (Å²) in [6, 6.07) is 5.80. The third kappa shape index (κ3) is 3.85. The summed E-state index contributed by atoms with van der Waals surface area (Å²) < 4.78 is 29.9. The summed E-state index contributed by atoms with van der Waals surface area (Å²) in [6.07, 6.45) is 4.21. The Labute approximate surface area is 200 Å². The fourth-order valence-electron chi connectivity index (χ4n) is 4.95. The number of carbonyl (C=O) groups is 1. The van der Waals surface area contributed by atoms with Crippen molar-refractivity contribution in [3.05, 3.63) is 56.2 Å². The summed E-state index contributed by atoms with van der Waals surface area (Å²) in [7, 11) is 0. The van der Waals surface area contributed by atoms with Crippen LogP contribution in [0.3, 0.4) is 0 Å². The molecule has 0 aromatic heterocycles. The third-order valence-corrected chi connectivity index (χ3v) is 6.94. The van der Waals surface area contributed by atoms with E-state index in [0.29, 0.717) is 30.4 Å². The monoisotopic (exact) mass is 513 g/mol. The zero-order valence-electron chi connectivity index (χ0n) is 18.3. The van der Waals surface area contributed by atoms with Gasteiger partial charge in [0.05, 0.1) is 18.3 Å². The first-order chi connectivity index (χ1) is 16.1. The van der Waals surface area contributed by atoms with Crippen molar-refractivity contribution in [2.45, 2.75) is 39.0 Å². The van der Waals surface area contributed by atoms with E-state index in [1.807, 2.05) is 25.1 Å².